The average molecular weight is 252 g/mol. The molecule has 0 atom stereocenters. The van der Waals surface area contributed by atoms with Crippen LogP contribution in [0.2, 0.25) is 0 Å². The largest absolute Gasteiger partial charge is 0.490 e. The molecule has 0 amide bonds. The third-order valence-corrected chi connectivity index (χ3v) is 2.56. The maximum Gasteiger partial charge on any atom is 0.160 e. The van der Waals surface area contributed by atoms with Gasteiger partial charge >= 0.3 is 0 Å². The van der Waals surface area contributed by atoms with Crippen molar-refractivity contribution in [3.05, 3.63) is 17.7 Å². The Bertz CT molecular complexity index is 366. The number of nitrogens with two attached hydrogens (primary N) is 1. The normalized spacial score (nSPS) is 11.3. The monoisotopic (exact) mass is 252 g/mol. The highest BCUT2D eigenvalue weighted by Crippen LogP contribution is 2.18. The van der Waals surface area contributed by atoms with Gasteiger partial charge in [-0.15, -0.1) is 0 Å². The van der Waals surface area contributed by atoms with Crippen LogP contribution in [0.3, 0.4) is 0 Å². The highest BCUT2D eigenvalue weighted by molar-refractivity contribution is 5.25. The summed E-state index contributed by atoms with van der Waals surface area (Å²) in [6.45, 7) is 6.17. The van der Waals surface area contributed by atoms with Gasteiger partial charge in [-0.05, 0) is 20.5 Å². The summed E-state index contributed by atoms with van der Waals surface area (Å²) in [5.74, 6) is 1.83. The first-order chi connectivity index (χ1) is 8.54. The van der Waals surface area contributed by atoms with Gasteiger partial charge in [0.2, 0.25) is 0 Å². The van der Waals surface area contributed by atoms with E-state index in [0.717, 1.165) is 24.5 Å². The molecule has 0 fully saturated rings. The molecule has 5 heteroatoms. The summed E-state index contributed by atoms with van der Waals surface area (Å²) in [5, 5.41) is 0. The van der Waals surface area contributed by atoms with Gasteiger partial charge in [0, 0.05) is 19.0 Å². The number of nitrogens with zero attached hydrogens (tertiary/aromatic N) is 3. The number of hydrogen-bond donors (Lipinski definition) is 1. The van der Waals surface area contributed by atoms with E-state index in [0.29, 0.717) is 24.8 Å². The summed E-state index contributed by atoms with van der Waals surface area (Å²) in [4.78, 5) is 10.9. The van der Waals surface area contributed by atoms with Gasteiger partial charge in [0.25, 0.3) is 0 Å². The van der Waals surface area contributed by atoms with Crippen LogP contribution in [0, 0.1) is 0 Å². The van der Waals surface area contributed by atoms with E-state index in [1.54, 1.807) is 6.20 Å². The van der Waals surface area contributed by atoms with E-state index in [4.69, 9.17) is 10.5 Å². The van der Waals surface area contributed by atoms with Gasteiger partial charge in [-0.2, -0.15) is 0 Å². The molecule has 0 aliphatic heterocycles. The Hall–Kier alpha value is -1.20. The molecule has 0 bridgehead atoms. The van der Waals surface area contributed by atoms with Crippen LogP contribution in [-0.4, -0.2) is 42.1 Å². The first-order valence-electron chi connectivity index (χ1n) is 6.38. The van der Waals surface area contributed by atoms with Gasteiger partial charge in [0.1, 0.15) is 5.82 Å². The van der Waals surface area contributed by atoms with Crippen molar-refractivity contribution in [2.45, 2.75) is 32.7 Å². The summed E-state index contributed by atoms with van der Waals surface area (Å²) in [6, 6.07) is 0. The molecule has 102 valence electrons. The Morgan fingerprint density at radius 3 is 2.67 bits per heavy atom. The van der Waals surface area contributed by atoms with E-state index in [2.05, 4.69) is 28.7 Å². The highest BCUT2D eigenvalue weighted by Gasteiger charge is 2.09. The van der Waals surface area contributed by atoms with Crippen LogP contribution in [0.4, 0.5) is 0 Å². The van der Waals surface area contributed by atoms with Crippen molar-refractivity contribution in [2.75, 3.05) is 27.2 Å². The van der Waals surface area contributed by atoms with Crippen LogP contribution in [0.25, 0.3) is 0 Å². The maximum atomic E-state index is 5.69. The van der Waals surface area contributed by atoms with Crippen LogP contribution in [-0.2, 0) is 6.54 Å². The minimum absolute atomic E-state index is 0.304. The van der Waals surface area contributed by atoms with Crippen molar-refractivity contribution in [3.63, 3.8) is 0 Å². The standard InChI is InChI=1S/C13H24N4O/c1-10(2)13-15-9-12(11(8-14)16-13)18-7-5-6-17(3)4/h9-10H,5-8,14H2,1-4H3. The van der Waals surface area contributed by atoms with Crippen molar-refractivity contribution >= 4 is 0 Å². The summed E-state index contributed by atoms with van der Waals surface area (Å²) in [6.07, 6.45) is 2.71. The van der Waals surface area contributed by atoms with Crippen molar-refractivity contribution in [1.82, 2.24) is 14.9 Å². The first kappa shape index (κ1) is 14.9. The summed E-state index contributed by atoms with van der Waals surface area (Å²) in [7, 11) is 4.09. The fourth-order valence-corrected chi connectivity index (χ4v) is 1.53. The van der Waals surface area contributed by atoms with Gasteiger partial charge in [-0.25, -0.2) is 9.97 Å². The first-order valence-corrected chi connectivity index (χ1v) is 6.38. The molecule has 1 aromatic heterocycles. The average Bonchev–Trinajstić information content (AvgIpc) is 2.34. The molecular weight excluding hydrogens is 228 g/mol. The predicted octanol–water partition coefficient (Wildman–Crippen LogP) is 1.39. The maximum absolute atomic E-state index is 5.69. The van der Waals surface area contributed by atoms with E-state index < -0.39 is 0 Å². The van der Waals surface area contributed by atoms with Crippen LogP contribution in [0.5, 0.6) is 5.75 Å². The Balaban J connectivity index is 2.59. The Kier molecular flexibility index (Phi) is 6.01. The van der Waals surface area contributed by atoms with Gasteiger partial charge < -0.3 is 15.4 Å². The second kappa shape index (κ2) is 7.28. The Labute approximate surface area is 109 Å². The third-order valence-electron chi connectivity index (χ3n) is 2.56. The Morgan fingerprint density at radius 2 is 2.11 bits per heavy atom. The van der Waals surface area contributed by atoms with Gasteiger partial charge in [0.05, 0.1) is 18.5 Å². The molecule has 0 saturated carbocycles. The zero-order chi connectivity index (χ0) is 13.5. The molecule has 1 aromatic rings. The summed E-state index contributed by atoms with van der Waals surface area (Å²) in [5.41, 5.74) is 6.48. The number of aromatic nitrogens is 2. The van der Waals surface area contributed by atoms with Crippen molar-refractivity contribution in [2.24, 2.45) is 5.73 Å². The second-order valence-corrected chi connectivity index (χ2v) is 4.90. The lowest BCUT2D eigenvalue weighted by Gasteiger charge is -2.13. The second-order valence-electron chi connectivity index (χ2n) is 4.90. The minimum atomic E-state index is 0.304. The molecule has 5 nitrogen and oxygen atoms in total. The molecule has 1 rings (SSSR count). The van der Waals surface area contributed by atoms with Crippen LogP contribution in [0.1, 0.15) is 37.7 Å². The lowest BCUT2D eigenvalue weighted by Crippen LogP contribution is -2.16. The van der Waals surface area contributed by atoms with Crippen molar-refractivity contribution < 1.29 is 4.74 Å². The van der Waals surface area contributed by atoms with E-state index in [1.165, 1.54) is 0 Å². The number of hydrogen-bond acceptors (Lipinski definition) is 5. The van der Waals surface area contributed by atoms with Gasteiger partial charge in [0.15, 0.2) is 5.75 Å². The lowest BCUT2D eigenvalue weighted by molar-refractivity contribution is 0.277. The smallest absolute Gasteiger partial charge is 0.160 e. The van der Waals surface area contributed by atoms with Gasteiger partial charge in [-0.1, -0.05) is 13.8 Å². The fraction of sp³-hybridized carbons (Fsp3) is 0.692. The zero-order valence-electron chi connectivity index (χ0n) is 11.8. The molecular formula is C13H24N4O. The molecule has 0 radical (unpaired) electrons. The molecule has 0 spiro atoms. The molecule has 0 aromatic carbocycles. The molecule has 0 unspecified atom stereocenters. The van der Waals surface area contributed by atoms with E-state index >= 15 is 0 Å². The molecule has 0 aliphatic carbocycles. The molecule has 18 heavy (non-hydrogen) atoms. The van der Waals surface area contributed by atoms with E-state index in [1.807, 2.05) is 14.1 Å². The SMILES string of the molecule is CC(C)c1ncc(OCCCN(C)C)c(CN)n1. The Morgan fingerprint density at radius 1 is 1.39 bits per heavy atom. The quantitative estimate of drug-likeness (QED) is 0.743. The van der Waals surface area contributed by atoms with Crippen LogP contribution < -0.4 is 10.5 Å². The number of ether oxygens (including phenoxy) is 1. The molecule has 1 heterocycles. The van der Waals surface area contributed by atoms with E-state index in [9.17, 15) is 0 Å². The third kappa shape index (κ3) is 4.58. The number of rotatable bonds is 7. The topological polar surface area (TPSA) is 64.3 Å². The molecule has 0 saturated heterocycles. The fourth-order valence-electron chi connectivity index (χ4n) is 1.53. The van der Waals surface area contributed by atoms with Crippen molar-refractivity contribution in [1.29, 1.82) is 0 Å². The zero-order valence-corrected chi connectivity index (χ0v) is 11.8. The summed E-state index contributed by atoms with van der Waals surface area (Å²) < 4.78 is 5.68. The summed E-state index contributed by atoms with van der Waals surface area (Å²) >= 11 is 0. The van der Waals surface area contributed by atoms with Crippen molar-refractivity contribution in [3.8, 4) is 5.75 Å². The minimum Gasteiger partial charge on any atom is -0.490 e. The van der Waals surface area contributed by atoms with E-state index in [-0.39, 0.29) is 0 Å². The molecule has 0 aliphatic rings. The van der Waals surface area contributed by atoms with Crippen LogP contribution in [0.15, 0.2) is 6.20 Å². The van der Waals surface area contributed by atoms with Crippen LogP contribution >= 0.6 is 0 Å². The predicted molar refractivity (Wildman–Crippen MR) is 72.7 cm³/mol. The molecule has 2 N–H and O–H groups in total. The lowest BCUT2D eigenvalue weighted by atomic mass is 10.2. The van der Waals surface area contributed by atoms with Gasteiger partial charge in [-0.3, -0.25) is 0 Å². The highest BCUT2D eigenvalue weighted by atomic mass is 16.5.